The molecule has 0 spiro atoms. The highest BCUT2D eigenvalue weighted by molar-refractivity contribution is 5.46. The van der Waals surface area contributed by atoms with E-state index in [0.29, 0.717) is 18.6 Å². The Hall–Kier alpha value is -1.69. The molecule has 0 aromatic heterocycles. The molecule has 3 heteroatoms. The average Bonchev–Trinajstić information content (AvgIpc) is 2.27. The fourth-order valence-corrected chi connectivity index (χ4v) is 1.52. The van der Waals surface area contributed by atoms with Crippen molar-refractivity contribution in [3.8, 4) is 17.6 Å². The lowest BCUT2D eigenvalue weighted by Gasteiger charge is -2.10. The summed E-state index contributed by atoms with van der Waals surface area (Å²) in [6.45, 7) is 2.03. The summed E-state index contributed by atoms with van der Waals surface area (Å²) in [5.74, 6) is 0.912. The van der Waals surface area contributed by atoms with Gasteiger partial charge in [0, 0.05) is 12.5 Å². The second-order valence-electron chi connectivity index (χ2n) is 3.30. The minimum absolute atomic E-state index is 0.208. The Morgan fingerprint density at radius 1 is 1.40 bits per heavy atom. The Labute approximate surface area is 89.9 Å². The highest BCUT2D eigenvalue weighted by atomic mass is 16.5. The summed E-state index contributed by atoms with van der Waals surface area (Å²) in [5, 5.41) is 18.2. The first-order valence-electron chi connectivity index (χ1n) is 4.98. The fraction of sp³-hybridized carbons (Fsp3) is 0.417. The molecule has 0 unspecified atom stereocenters. The number of phenols is 1. The second kappa shape index (κ2) is 5.26. The van der Waals surface area contributed by atoms with Gasteiger partial charge in [-0.05, 0) is 30.0 Å². The number of methoxy groups -OCH3 is 1. The van der Waals surface area contributed by atoms with Gasteiger partial charge < -0.3 is 9.84 Å². The van der Waals surface area contributed by atoms with Crippen LogP contribution < -0.4 is 4.74 Å². The van der Waals surface area contributed by atoms with Crippen LogP contribution >= 0.6 is 0 Å². The maximum Gasteiger partial charge on any atom is 0.125 e. The van der Waals surface area contributed by atoms with Crippen LogP contribution in [0.4, 0.5) is 0 Å². The zero-order chi connectivity index (χ0) is 11.3. The number of nitrogens with zero attached hydrogens (tertiary/aromatic N) is 1. The summed E-state index contributed by atoms with van der Waals surface area (Å²) in [6.07, 6.45) is 1.85. The lowest BCUT2D eigenvalue weighted by atomic mass is 10.0. The molecule has 0 bridgehead atoms. The highest BCUT2D eigenvalue weighted by Gasteiger charge is 2.08. The normalized spacial score (nSPS) is 9.67. The van der Waals surface area contributed by atoms with Crippen molar-refractivity contribution in [1.82, 2.24) is 0 Å². The second-order valence-corrected chi connectivity index (χ2v) is 3.30. The van der Waals surface area contributed by atoms with Gasteiger partial charge in [0.25, 0.3) is 0 Å². The van der Waals surface area contributed by atoms with E-state index in [9.17, 15) is 5.11 Å². The predicted octanol–water partition coefficient (Wildman–Crippen LogP) is 2.42. The number of ether oxygens (including phenoxy) is 1. The van der Waals surface area contributed by atoms with Crippen molar-refractivity contribution < 1.29 is 9.84 Å². The number of hydrogen-bond donors (Lipinski definition) is 1. The summed E-state index contributed by atoms with van der Waals surface area (Å²) in [7, 11) is 1.59. The third-order valence-electron chi connectivity index (χ3n) is 2.37. The first-order valence-corrected chi connectivity index (χ1v) is 4.98. The van der Waals surface area contributed by atoms with Crippen LogP contribution in [0.5, 0.6) is 11.5 Å². The van der Waals surface area contributed by atoms with Gasteiger partial charge in [-0.25, -0.2) is 0 Å². The van der Waals surface area contributed by atoms with E-state index in [1.165, 1.54) is 0 Å². The van der Waals surface area contributed by atoms with Crippen molar-refractivity contribution in [2.24, 2.45) is 0 Å². The molecule has 1 rings (SSSR count). The van der Waals surface area contributed by atoms with Crippen LogP contribution in [0, 0.1) is 11.3 Å². The van der Waals surface area contributed by atoms with Gasteiger partial charge in [0.1, 0.15) is 11.5 Å². The molecular formula is C12H15NO2. The number of benzene rings is 1. The molecule has 0 saturated carbocycles. The molecule has 0 aliphatic heterocycles. The zero-order valence-corrected chi connectivity index (χ0v) is 9.08. The summed E-state index contributed by atoms with van der Waals surface area (Å²) in [5.41, 5.74) is 1.87. The van der Waals surface area contributed by atoms with Crippen molar-refractivity contribution in [1.29, 1.82) is 5.26 Å². The van der Waals surface area contributed by atoms with E-state index in [-0.39, 0.29) is 5.75 Å². The molecule has 0 fully saturated rings. The molecule has 0 atom stereocenters. The van der Waals surface area contributed by atoms with Crippen LogP contribution in [0.25, 0.3) is 0 Å². The molecule has 0 saturated heterocycles. The summed E-state index contributed by atoms with van der Waals surface area (Å²) in [6, 6.07) is 5.59. The SMILES string of the molecule is CCc1cc(CCC#N)c(O)cc1OC. The number of rotatable bonds is 4. The van der Waals surface area contributed by atoms with Crippen LogP contribution in [0.3, 0.4) is 0 Å². The van der Waals surface area contributed by atoms with E-state index in [0.717, 1.165) is 17.5 Å². The van der Waals surface area contributed by atoms with Gasteiger partial charge in [0.2, 0.25) is 0 Å². The Kier molecular flexibility index (Phi) is 3.99. The summed E-state index contributed by atoms with van der Waals surface area (Å²) >= 11 is 0. The Bertz CT molecular complexity index is 380. The van der Waals surface area contributed by atoms with Crippen LogP contribution in [-0.2, 0) is 12.8 Å². The molecule has 15 heavy (non-hydrogen) atoms. The zero-order valence-electron chi connectivity index (χ0n) is 9.08. The topological polar surface area (TPSA) is 53.2 Å². The molecule has 80 valence electrons. The van der Waals surface area contributed by atoms with Gasteiger partial charge in [-0.15, -0.1) is 0 Å². The van der Waals surface area contributed by atoms with Gasteiger partial charge in [0.15, 0.2) is 0 Å². The van der Waals surface area contributed by atoms with E-state index < -0.39 is 0 Å². The lowest BCUT2D eigenvalue weighted by Crippen LogP contribution is -1.94. The van der Waals surface area contributed by atoms with E-state index in [2.05, 4.69) is 6.07 Å². The Morgan fingerprint density at radius 2 is 2.13 bits per heavy atom. The average molecular weight is 205 g/mol. The lowest BCUT2D eigenvalue weighted by molar-refractivity contribution is 0.402. The minimum atomic E-state index is 0.208. The van der Waals surface area contributed by atoms with E-state index in [4.69, 9.17) is 10.00 Å². The van der Waals surface area contributed by atoms with Gasteiger partial charge >= 0.3 is 0 Å². The van der Waals surface area contributed by atoms with Crippen molar-refractivity contribution in [3.63, 3.8) is 0 Å². The Balaban J connectivity index is 3.03. The van der Waals surface area contributed by atoms with Gasteiger partial charge in [0.05, 0.1) is 13.2 Å². The third kappa shape index (κ3) is 2.63. The molecule has 0 radical (unpaired) electrons. The summed E-state index contributed by atoms with van der Waals surface area (Å²) in [4.78, 5) is 0. The Morgan fingerprint density at radius 3 is 2.67 bits per heavy atom. The maximum absolute atomic E-state index is 9.68. The molecular weight excluding hydrogens is 190 g/mol. The van der Waals surface area contributed by atoms with Gasteiger partial charge in [-0.3, -0.25) is 0 Å². The number of phenolic OH excluding ortho intramolecular Hbond substituents is 1. The van der Waals surface area contributed by atoms with E-state index >= 15 is 0 Å². The van der Waals surface area contributed by atoms with Gasteiger partial charge in [-0.2, -0.15) is 5.26 Å². The number of aromatic hydroxyl groups is 1. The molecule has 3 nitrogen and oxygen atoms in total. The molecule has 0 aliphatic carbocycles. The molecule has 1 aromatic rings. The predicted molar refractivity (Wildman–Crippen MR) is 58.0 cm³/mol. The van der Waals surface area contributed by atoms with Crippen molar-refractivity contribution >= 4 is 0 Å². The molecule has 0 aliphatic rings. The van der Waals surface area contributed by atoms with E-state index in [1.54, 1.807) is 13.2 Å². The van der Waals surface area contributed by atoms with Crippen LogP contribution in [0.2, 0.25) is 0 Å². The van der Waals surface area contributed by atoms with E-state index in [1.807, 2.05) is 13.0 Å². The van der Waals surface area contributed by atoms with Crippen LogP contribution in [0.15, 0.2) is 12.1 Å². The van der Waals surface area contributed by atoms with Crippen LogP contribution in [0.1, 0.15) is 24.5 Å². The molecule has 1 N–H and O–H groups in total. The molecule has 0 heterocycles. The first kappa shape index (κ1) is 11.4. The maximum atomic E-state index is 9.68. The largest absolute Gasteiger partial charge is 0.508 e. The quantitative estimate of drug-likeness (QED) is 0.821. The monoisotopic (exact) mass is 205 g/mol. The molecule has 1 aromatic carbocycles. The fourth-order valence-electron chi connectivity index (χ4n) is 1.52. The number of hydrogen-bond acceptors (Lipinski definition) is 3. The van der Waals surface area contributed by atoms with Gasteiger partial charge in [-0.1, -0.05) is 6.92 Å². The summed E-state index contributed by atoms with van der Waals surface area (Å²) < 4.78 is 5.15. The molecule has 0 amide bonds. The first-order chi connectivity index (χ1) is 7.22. The van der Waals surface area contributed by atoms with Crippen molar-refractivity contribution in [2.75, 3.05) is 7.11 Å². The third-order valence-corrected chi connectivity index (χ3v) is 2.37. The smallest absolute Gasteiger partial charge is 0.125 e. The van der Waals surface area contributed by atoms with Crippen molar-refractivity contribution in [3.05, 3.63) is 23.3 Å². The minimum Gasteiger partial charge on any atom is -0.508 e. The standard InChI is InChI=1S/C12H15NO2/c1-3-9-7-10(5-4-6-13)11(14)8-12(9)15-2/h7-8,14H,3-5H2,1-2H3. The van der Waals surface area contributed by atoms with Crippen LogP contribution in [-0.4, -0.2) is 12.2 Å². The number of nitriles is 1. The highest BCUT2D eigenvalue weighted by Crippen LogP contribution is 2.29. The van der Waals surface area contributed by atoms with Crippen molar-refractivity contribution in [2.45, 2.75) is 26.2 Å². The number of aryl methyl sites for hydroxylation is 2.